The number of carbonyl (C=O) groups is 2. The molecule has 0 heterocycles. The van der Waals surface area contributed by atoms with Crippen molar-refractivity contribution in [3.63, 3.8) is 0 Å². The molecule has 1 aromatic carbocycles. The fourth-order valence-electron chi connectivity index (χ4n) is 3.31. The summed E-state index contributed by atoms with van der Waals surface area (Å²) in [6.45, 7) is 16.6. The lowest BCUT2D eigenvalue weighted by atomic mass is 9.99. The number of benzene rings is 1. The molecule has 170 valence electrons. The molecule has 0 amide bonds. The molecule has 0 fully saturated rings. The molecule has 30 heavy (non-hydrogen) atoms. The second-order valence-electron chi connectivity index (χ2n) is 9.30. The molecule has 1 rings (SSSR count). The quantitative estimate of drug-likeness (QED) is 0.341. The van der Waals surface area contributed by atoms with Crippen molar-refractivity contribution in [2.24, 2.45) is 11.8 Å². The standard InChI is InChI=1S/C26H42O4/c1-9-21(13-11-17(3)4)29-25(27)23-15-19(7)20(8)16-24(23)26(28)30-22(10-2)14-12-18(5)6/h15-18,21-22H,9-14H2,1-8H3. The van der Waals surface area contributed by atoms with E-state index in [4.69, 9.17) is 9.47 Å². The van der Waals surface area contributed by atoms with Gasteiger partial charge in [0.15, 0.2) is 0 Å². The van der Waals surface area contributed by atoms with Gasteiger partial charge < -0.3 is 9.47 Å². The van der Waals surface area contributed by atoms with Crippen LogP contribution in [0.25, 0.3) is 0 Å². The number of ether oxygens (including phenoxy) is 2. The van der Waals surface area contributed by atoms with Crippen LogP contribution in [0.1, 0.15) is 112 Å². The molecule has 0 spiro atoms. The van der Waals surface area contributed by atoms with Gasteiger partial charge in [0.2, 0.25) is 0 Å². The second kappa shape index (κ2) is 12.8. The third-order valence-corrected chi connectivity index (χ3v) is 5.66. The van der Waals surface area contributed by atoms with E-state index in [0.717, 1.165) is 49.7 Å². The highest BCUT2D eigenvalue weighted by atomic mass is 16.5. The van der Waals surface area contributed by atoms with Crippen LogP contribution in [-0.2, 0) is 9.47 Å². The molecule has 0 bridgehead atoms. The predicted octanol–water partition coefficient (Wildman–Crippen LogP) is 7.05. The van der Waals surface area contributed by atoms with E-state index in [1.54, 1.807) is 12.1 Å². The summed E-state index contributed by atoms with van der Waals surface area (Å²) in [6, 6.07) is 3.52. The van der Waals surface area contributed by atoms with Crippen LogP contribution in [0.2, 0.25) is 0 Å². The van der Waals surface area contributed by atoms with Crippen molar-refractivity contribution in [3.8, 4) is 0 Å². The maximum absolute atomic E-state index is 13.0. The smallest absolute Gasteiger partial charge is 0.339 e. The fraction of sp³-hybridized carbons (Fsp3) is 0.692. The summed E-state index contributed by atoms with van der Waals surface area (Å²) in [5.74, 6) is 0.246. The lowest BCUT2D eigenvalue weighted by Gasteiger charge is -2.20. The molecule has 0 saturated heterocycles. The first kappa shape index (κ1) is 26.2. The van der Waals surface area contributed by atoms with Gasteiger partial charge in [-0.2, -0.15) is 0 Å². The zero-order valence-corrected chi connectivity index (χ0v) is 20.3. The molecular weight excluding hydrogens is 376 g/mol. The molecule has 0 aliphatic carbocycles. The third kappa shape index (κ3) is 8.49. The predicted molar refractivity (Wildman–Crippen MR) is 123 cm³/mol. The van der Waals surface area contributed by atoms with Gasteiger partial charge in [0.25, 0.3) is 0 Å². The minimum Gasteiger partial charge on any atom is -0.459 e. The Morgan fingerprint density at radius 2 is 1.03 bits per heavy atom. The van der Waals surface area contributed by atoms with E-state index < -0.39 is 11.9 Å². The zero-order valence-electron chi connectivity index (χ0n) is 20.3. The van der Waals surface area contributed by atoms with Crippen molar-refractivity contribution in [2.75, 3.05) is 0 Å². The summed E-state index contributed by atoms with van der Waals surface area (Å²) in [5, 5.41) is 0. The van der Waals surface area contributed by atoms with Crippen LogP contribution in [0, 0.1) is 25.7 Å². The van der Waals surface area contributed by atoms with Gasteiger partial charge in [-0.3, -0.25) is 0 Å². The number of esters is 2. The summed E-state index contributed by atoms with van der Waals surface area (Å²) < 4.78 is 11.6. The molecule has 0 aliphatic rings. The maximum Gasteiger partial charge on any atom is 0.339 e. The van der Waals surface area contributed by atoms with E-state index in [2.05, 4.69) is 27.7 Å². The van der Waals surface area contributed by atoms with Gasteiger partial charge in [-0.25, -0.2) is 9.59 Å². The number of hydrogen-bond donors (Lipinski definition) is 0. The van der Waals surface area contributed by atoms with E-state index in [0.29, 0.717) is 23.0 Å². The van der Waals surface area contributed by atoms with Gasteiger partial charge in [0.1, 0.15) is 12.2 Å². The minimum atomic E-state index is -0.434. The fourth-order valence-corrected chi connectivity index (χ4v) is 3.31. The molecule has 1 aromatic rings. The zero-order chi connectivity index (χ0) is 22.8. The Morgan fingerprint density at radius 3 is 1.30 bits per heavy atom. The molecule has 4 heteroatoms. The minimum absolute atomic E-state index is 0.139. The Kier molecular flexibility index (Phi) is 11.1. The molecule has 0 aliphatic heterocycles. The highest BCUT2D eigenvalue weighted by Crippen LogP contribution is 2.22. The van der Waals surface area contributed by atoms with Crippen LogP contribution in [0.15, 0.2) is 12.1 Å². The molecule has 4 nitrogen and oxygen atoms in total. The van der Waals surface area contributed by atoms with Gasteiger partial charge in [0, 0.05) is 0 Å². The topological polar surface area (TPSA) is 52.6 Å². The van der Waals surface area contributed by atoms with Gasteiger partial charge in [-0.1, -0.05) is 41.5 Å². The molecule has 0 saturated carbocycles. The van der Waals surface area contributed by atoms with Crippen LogP contribution in [0.5, 0.6) is 0 Å². The molecular formula is C26H42O4. The van der Waals surface area contributed by atoms with E-state index >= 15 is 0 Å². The third-order valence-electron chi connectivity index (χ3n) is 5.66. The SMILES string of the molecule is CCC(CCC(C)C)OC(=O)c1cc(C)c(C)cc1C(=O)OC(CC)CCC(C)C. The second-order valence-corrected chi connectivity index (χ2v) is 9.30. The molecule has 0 aromatic heterocycles. The Balaban J connectivity index is 3.05. The Hall–Kier alpha value is -1.84. The summed E-state index contributed by atoms with van der Waals surface area (Å²) in [5.41, 5.74) is 2.54. The van der Waals surface area contributed by atoms with Crippen LogP contribution in [0.4, 0.5) is 0 Å². The van der Waals surface area contributed by atoms with Crippen LogP contribution in [0.3, 0.4) is 0 Å². The van der Waals surface area contributed by atoms with Gasteiger partial charge in [-0.15, -0.1) is 0 Å². The molecule has 0 radical (unpaired) electrons. The summed E-state index contributed by atoms with van der Waals surface area (Å²) >= 11 is 0. The van der Waals surface area contributed by atoms with E-state index in [1.807, 2.05) is 27.7 Å². The number of hydrogen-bond acceptors (Lipinski definition) is 4. The van der Waals surface area contributed by atoms with Crippen molar-refractivity contribution in [1.82, 2.24) is 0 Å². The van der Waals surface area contributed by atoms with Crippen molar-refractivity contribution >= 4 is 11.9 Å². The van der Waals surface area contributed by atoms with E-state index in [1.165, 1.54) is 0 Å². The normalized spacial score (nSPS) is 13.4. The Bertz CT molecular complexity index is 632. The summed E-state index contributed by atoms with van der Waals surface area (Å²) in [6.07, 6.45) is 4.91. The first-order valence-corrected chi connectivity index (χ1v) is 11.6. The summed E-state index contributed by atoms with van der Waals surface area (Å²) in [7, 11) is 0. The first-order chi connectivity index (χ1) is 14.1. The van der Waals surface area contributed by atoms with Crippen LogP contribution < -0.4 is 0 Å². The number of rotatable bonds is 12. The van der Waals surface area contributed by atoms with E-state index in [-0.39, 0.29) is 12.2 Å². The van der Waals surface area contributed by atoms with Crippen molar-refractivity contribution in [3.05, 3.63) is 34.4 Å². The average molecular weight is 419 g/mol. The average Bonchev–Trinajstić information content (AvgIpc) is 2.69. The highest BCUT2D eigenvalue weighted by Gasteiger charge is 2.25. The van der Waals surface area contributed by atoms with Crippen molar-refractivity contribution < 1.29 is 19.1 Å². The molecule has 2 atom stereocenters. The first-order valence-electron chi connectivity index (χ1n) is 11.6. The summed E-state index contributed by atoms with van der Waals surface area (Å²) in [4.78, 5) is 26.0. The van der Waals surface area contributed by atoms with E-state index in [9.17, 15) is 9.59 Å². The lowest BCUT2D eigenvalue weighted by molar-refractivity contribution is 0.0213. The maximum atomic E-state index is 13.0. The Morgan fingerprint density at radius 1 is 0.700 bits per heavy atom. The lowest BCUT2D eigenvalue weighted by Crippen LogP contribution is -2.23. The number of carbonyl (C=O) groups excluding carboxylic acids is 2. The van der Waals surface area contributed by atoms with Gasteiger partial charge >= 0.3 is 11.9 Å². The number of aryl methyl sites for hydroxylation is 2. The monoisotopic (exact) mass is 418 g/mol. The van der Waals surface area contributed by atoms with Crippen molar-refractivity contribution in [2.45, 2.75) is 106 Å². The van der Waals surface area contributed by atoms with Crippen LogP contribution in [-0.4, -0.2) is 24.1 Å². The largest absolute Gasteiger partial charge is 0.459 e. The Labute approximate surface area is 183 Å². The van der Waals surface area contributed by atoms with Crippen LogP contribution >= 0.6 is 0 Å². The highest BCUT2D eigenvalue weighted by molar-refractivity contribution is 6.03. The van der Waals surface area contributed by atoms with Gasteiger partial charge in [0.05, 0.1) is 11.1 Å². The van der Waals surface area contributed by atoms with Crippen molar-refractivity contribution in [1.29, 1.82) is 0 Å². The molecule has 0 N–H and O–H groups in total. The molecule has 2 unspecified atom stereocenters. The van der Waals surface area contributed by atoms with Gasteiger partial charge in [-0.05, 0) is 87.5 Å².